The molecule has 78 valence electrons. The molecular formula is C11H11BrN2O. The number of aryl methyl sites for hydroxylation is 1. The van der Waals surface area contributed by atoms with Gasteiger partial charge in [0, 0.05) is 16.6 Å². The topological polar surface area (TPSA) is 52.0 Å². The Bertz CT molecular complexity index is 479. The van der Waals surface area contributed by atoms with Gasteiger partial charge < -0.3 is 10.2 Å². The summed E-state index contributed by atoms with van der Waals surface area (Å²) < 4.78 is 6.41. The van der Waals surface area contributed by atoms with Gasteiger partial charge in [-0.2, -0.15) is 0 Å². The molecule has 0 unspecified atom stereocenters. The summed E-state index contributed by atoms with van der Waals surface area (Å²) in [6, 6.07) is 5.97. The molecule has 2 rings (SSSR count). The van der Waals surface area contributed by atoms with E-state index in [2.05, 4.69) is 20.9 Å². The minimum Gasteiger partial charge on any atom is -0.444 e. The number of aromatic nitrogens is 1. The summed E-state index contributed by atoms with van der Waals surface area (Å²) in [7, 11) is 0. The van der Waals surface area contributed by atoms with Gasteiger partial charge in [0.1, 0.15) is 6.26 Å². The summed E-state index contributed by atoms with van der Waals surface area (Å²) in [5, 5.41) is 0. The van der Waals surface area contributed by atoms with Crippen LogP contribution in [0.25, 0.3) is 11.5 Å². The van der Waals surface area contributed by atoms with Gasteiger partial charge in [-0.15, -0.1) is 0 Å². The normalized spacial score (nSPS) is 10.6. The average molecular weight is 267 g/mol. The van der Waals surface area contributed by atoms with Crippen molar-refractivity contribution in [2.45, 2.75) is 13.5 Å². The number of nitrogens with two attached hydrogens (primary N) is 1. The molecular weight excluding hydrogens is 256 g/mol. The quantitative estimate of drug-likeness (QED) is 0.910. The minimum absolute atomic E-state index is 0.402. The van der Waals surface area contributed by atoms with Crippen LogP contribution in [-0.4, -0.2) is 4.98 Å². The van der Waals surface area contributed by atoms with Gasteiger partial charge in [-0.3, -0.25) is 0 Å². The van der Waals surface area contributed by atoms with E-state index in [1.54, 1.807) is 6.26 Å². The van der Waals surface area contributed by atoms with Gasteiger partial charge in [-0.05, 0) is 30.7 Å². The maximum Gasteiger partial charge on any atom is 0.226 e. The second-order valence-electron chi connectivity index (χ2n) is 3.31. The Hall–Kier alpha value is -1.13. The summed E-state index contributed by atoms with van der Waals surface area (Å²) in [6.07, 6.45) is 1.59. The van der Waals surface area contributed by atoms with Crippen LogP contribution in [-0.2, 0) is 6.54 Å². The Morgan fingerprint density at radius 1 is 1.47 bits per heavy atom. The summed E-state index contributed by atoms with van der Waals surface area (Å²) >= 11 is 3.42. The van der Waals surface area contributed by atoms with Crippen molar-refractivity contribution in [3.8, 4) is 11.5 Å². The minimum atomic E-state index is 0.402. The first kappa shape index (κ1) is 10.4. The predicted octanol–water partition coefficient (Wildman–Crippen LogP) is 2.87. The molecule has 2 aromatic rings. The van der Waals surface area contributed by atoms with Crippen molar-refractivity contribution in [3.63, 3.8) is 0 Å². The van der Waals surface area contributed by atoms with Gasteiger partial charge in [0.15, 0.2) is 0 Å². The molecule has 0 aliphatic carbocycles. The molecule has 0 aliphatic heterocycles. The maximum atomic E-state index is 5.47. The molecule has 4 heteroatoms. The third-order valence-electron chi connectivity index (χ3n) is 2.18. The lowest BCUT2D eigenvalue weighted by Crippen LogP contribution is -1.95. The van der Waals surface area contributed by atoms with Crippen LogP contribution < -0.4 is 5.73 Å². The van der Waals surface area contributed by atoms with Crippen LogP contribution in [0.15, 0.2) is 33.4 Å². The van der Waals surface area contributed by atoms with Crippen molar-refractivity contribution in [2.24, 2.45) is 5.73 Å². The first-order valence-electron chi connectivity index (χ1n) is 4.61. The SMILES string of the molecule is Cc1cc(Br)ccc1-c1nc(CN)co1. The van der Waals surface area contributed by atoms with Gasteiger partial charge in [0.25, 0.3) is 0 Å². The van der Waals surface area contributed by atoms with E-state index >= 15 is 0 Å². The molecule has 0 radical (unpaired) electrons. The number of nitrogens with zero attached hydrogens (tertiary/aromatic N) is 1. The van der Waals surface area contributed by atoms with E-state index in [0.717, 1.165) is 21.3 Å². The van der Waals surface area contributed by atoms with Crippen molar-refractivity contribution < 1.29 is 4.42 Å². The molecule has 1 aromatic carbocycles. The van der Waals surface area contributed by atoms with Gasteiger partial charge in [0.2, 0.25) is 5.89 Å². The molecule has 0 spiro atoms. The third-order valence-corrected chi connectivity index (χ3v) is 2.67. The standard InChI is InChI=1S/C11H11BrN2O/c1-7-4-8(12)2-3-10(7)11-14-9(5-13)6-15-11/h2-4,6H,5,13H2,1H3. The lowest BCUT2D eigenvalue weighted by atomic mass is 10.1. The average Bonchev–Trinajstić information content (AvgIpc) is 2.66. The molecule has 0 amide bonds. The summed E-state index contributed by atoms with van der Waals surface area (Å²) in [6.45, 7) is 2.42. The lowest BCUT2D eigenvalue weighted by molar-refractivity contribution is 0.572. The van der Waals surface area contributed by atoms with Crippen molar-refractivity contribution in [1.29, 1.82) is 0 Å². The number of oxazole rings is 1. The lowest BCUT2D eigenvalue weighted by Gasteiger charge is -2.01. The molecule has 0 saturated carbocycles. The molecule has 1 heterocycles. The number of rotatable bonds is 2. The maximum absolute atomic E-state index is 5.47. The molecule has 0 aliphatic rings. The van der Waals surface area contributed by atoms with Crippen molar-refractivity contribution in [2.75, 3.05) is 0 Å². The molecule has 1 aromatic heterocycles. The van der Waals surface area contributed by atoms with Gasteiger partial charge in [0.05, 0.1) is 5.69 Å². The number of halogens is 1. The predicted molar refractivity (Wildman–Crippen MR) is 62.3 cm³/mol. The molecule has 0 fully saturated rings. The van der Waals surface area contributed by atoms with E-state index < -0.39 is 0 Å². The molecule has 0 saturated heterocycles. The van der Waals surface area contributed by atoms with E-state index in [0.29, 0.717) is 12.4 Å². The smallest absolute Gasteiger partial charge is 0.226 e. The Morgan fingerprint density at radius 2 is 2.27 bits per heavy atom. The fourth-order valence-electron chi connectivity index (χ4n) is 1.39. The first-order valence-corrected chi connectivity index (χ1v) is 5.41. The van der Waals surface area contributed by atoms with Crippen LogP contribution in [0.4, 0.5) is 0 Å². The Labute approximate surface area is 96.4 Å². The summed E-state index contributed by atoms with van der Waals surface area (Å²) in [5.41, 5.74) is 8.36. The monoisotopic (exact) mass is 266 g/mol. The fraction of sp³-hybridized carbons (Fsp3) is 0.182. The summed E-state index contributed by atoms with van der Waals surface area (Å²) in [5.74, 6) is 0.625. The molecule has 2 N–H and O–H groups in total. The Kier molecular flexibility index (Phi) is 2.88. The highest BCUT2D eigenvalue weighted by Gasteiger charge is 2.08. The number of benzene rings is 1. The van der Waals surface area contributed by atoms with E-state index in [-0.39, 0.29) is 0 Å². The van der Waals surface area contributed by atoms with Crippen LogP contribution in [0.3, 0.4) is 0 Å². The zero-order chi connectivity index (χ0) is 10.8. The highest BCUT2D eigenvalue weighted by atomic mass is 79.9. The van der Waals surface area contributed by atoms with Gasteiger partial charge in [-0.25, -0.2) is 4.98 Å². The van der Waals surface area contributed by atoms with Crippen LogP contribution >= 0.6 is 15.9 Å². The second kappa shape index (κ2) is 4.16. The number of hydrogen-bond acceptors (Lipinski definition) is 3. The zero-order valence-corrected chi connectivity index (χ0v) is 9.91. The van der Waals surface area contributed by atoms with Crippen molar-refractivity contribution >= 4 is 15.9 Å². The first-order chi connectivity index (χ1) is 7.20. The van der Waals surface area contributed by atoms with E-state index in [1.165, 1.54) is 0 Å². The van der Waals surface area contributed by atoms with E-state index in [9.17, 15) is 0 Å². The highest BCUT2D eigenvalue weighted by molar-refractivity contribution is 9.10. The number of hydrogen-bond donors (Lipinski definition) is 1. The zero-order valence-electron chi connectivity index (χ0n) is 8.33. The van der Waals surface area contributed by atoms with Crippen molar-refractivity contribution in [3.05, 3.63) is 40.2 Å². The second-order valence-corrected chi connectivity index (χ2v) is 4.22. The molecule has 0 bridgehead atoms. The van der Waals surface area contributed by atoms with Gasteiger partial charge in [-0.1, -0.05) is 15.9 Å². The summed E-state index contributed by atoms with van der Waals surface area (Å²) in [4.78, 5) is 4.28. The van der Waals surface area contributed by atoms with Crippen LogP contribution in [0.5, 0.6) is 0 Å². The van der Waals surface area contributed by atoms with Crippen LogP contribution in [0.2, 0.25) is 0 Å². The molecule has 15 heavy (non-hydrogen) atoms. The fourth-order valence-corrected chi connectivity index (χ4v) is 1.87. The van der Waals surface area contributed by atoms with E-state index in [4.69, 9.17) is 10.2 Å². The van der Waals surface area contributed by atoms with Crippen molar-refractivity contribution in [1.82, 2.24) is 4.98 Å². The highest BCUT2D eigenvalue weighted by Crippen LogP contribution is 2.25. The van der Waals surface area contributed by atoms with Crippen LogP contribution in [0, 0.1) is 6.92 Å². The Morgan fingerprint density at radius 3 is 2.87 bits per heavy atom. The molecule has 0 atom stereocenters. The van der Waals surface area contributed by atoms with E-state index in [1.807, 2.05) is 25.1 Å². The molecule has 3 nitrogen and oxygen atoms in total. The largest absolute Gasteiger partial charge is 0.444 e. The van der Waals surface area contributed by atoms with Gasteiger partial charge >= 0.3 is 0 Å². The third kappa shape index (κ3) is 2.11. The van der Waals surface area contributed by atoms with Crippen LogP contribution in [0.1, 0.15) is 11.3 Å². The Balaban J connectivity index is 2.44.